The molecule has 0 saturated carbocycles. The largest absolute Gasteiger partial charge is 0.462 e. The average Bonchev–Trinajstić information content (AvgIpc) is 3.14. The Bertz CT molecular complexity index is 1820. The molecule has 3 aromatic rings. The first-order chi connectivity index (χ1) is 24.2. The molecule has 0 heterocycles. The Morgan fingerprint density at radius 2 is 1.66 bits per heavy atom. The van der Waals surface area contributed by atoms with Gasteiger partial charge in [-0.2, -0.15) is 5.26 Å². The van der Waals surface area contributed by atoms with E-state index in [1.807, 2.05) is 62.6 Å². The van der Waals surface area contributed by atoms with Crippen molar-refractivity contribution in [2.45, 2.75) is 67.7 Å². The fourth-order valence-electron chi connectivity index (χ4n) is 5.56. The molecular weight excluding hydrogens is 647 g/mol. The van der Waals surface area contributed by atoms with Crippen LogP contribution < -0.4 is 0 Å². The number of hydrogen-bond acceptors (Lipinski definition) is 9. The van der Waals surface area contributed by atoms with E-state index in [2.05, 4.69) is 35.2 Å². The molecule has 1 aliphatic carbocycles. The summed E-state index contributed by atoms with van der Waals surface area (Å²) in [5.74, 6) is -1.51. The number of Topliss-reactive ketones (excluding diaryl/α,β-unsaturated/α-hetero) is 1. The van der Waals surface area contributed by atoms with E-state index in [0.717, 1.165) is 46.6 Å². The second-order valence-corrected chi connectivity index (χ2v) is 13.1. The number of carbonyl (C=O) groups excluding carboxylic acids is 3. The standard InChI is InChI=1S/C41H43N3O5S/c1-5-7-8-12-18-36(43-49-40(47)32-15-10-9-11-16-32)38(45)31-20-22-34(23-21-31)50-37-19-14-13-17-35(37)41(44(3)4)26-24-30(25-27-41)28-33(29-42)39(46)48-6-2/h9-11,13-17,19-26,28H,5-8,12,18,27H2,1-4H3. The Hall–Kier alpha value is -5.04. The summed E-state index contributed by atoms with van der Waals surface area (Å²) in [5, 5.41) is 13.5. The molecule has 0 spiro atoms. The molecular formula is C41H43N3O5S. The third-order valence-corrected chi connectivity index (χ3v) is 9.48. The van der Waals surface area contributed by atoms with Gasteiger partial charge in [-0.1, -0.05) is 97.7 Å². The zero-order chi connectivity index (χ0) is 35.9. The topological polar surface area (TPSA) is 109 Å². The Balaban J connectivity index is 1.54. The maximum atomic E-state index is 13.6. The van der Waals surface area contributed by atoms with Crippen molar-refractivity contribution in [1.82, 2.24) is 4.90 Å². The van der Waals surface area contributed by atoms with Gasteiger partial charge in [-0.25, -0.2) is 9.59 Å². The minimum absolute atomic E-state index is 0.0407. The SMILES string of the molecule is CCCCCCC(=NOC(=O)c1ccccc1)C(=O)c1ccc(Sc2ccccc2C2(N(C)C)C=CC(C=C(C#N)C(=O)OCC)=CC2)cc1. The number of likely N-dealkylation sites (N-methyl/N-ethyl adjacent to an activating group) is 1. The van der Waals surface area contributed by atoms with Crippen molar-refractivity contribution in [2.75, 3.05) is 20.7 Å². The number of benzene rings is 3. The number of esters is 1. The van der Waals surface area contributed by atoms with Crippen LogP contribution >= 0.6 is 11.8 Å². The van der Waals surface area contributed by atoms with Crippen molar-refractivity contribution in [2.24, 2.45) is 5.16 Å². The highest BCUT2D eigenvalue weighted by Gasteiger charge is 2.35. The van der Waals surface area contributed by atoms with Crippen molar-refractivity contribution in [3.05, 3.63) is 131 Å². The van der Waals surface area contributed by atoms with Crippen molar-refractivity contribution in [3.63, 3.8) is 0 Å². The zero-order valence-electron chi connectivity index (χ0n) is 29.1. The van der Waals surface area contributed by atoms with Gasteiger partial charge < -0.3 is 9.57 Å². The lowest BCUT2D eigenvalue weighted by Gasteiger charge is -2.40. The molecule has 4 rings (SSSR count). The first-order valence-electron chi connectivity index (χ1n) is 16.8. The molecule has 258 valence electrons. The Labute approximate surface area is 299 Å². The molecule has 0 saturated heterocycles. The van der Waals surface area contributed by atoms with Crippen LogP contribution in [-0.2, 0) is 19.9 Å². The summed E-state index contributed by atoms with van der Waals surface area (Å²) >= 11 is 1.60. The van der Waals surface area contributed by atoms with E-state index in [9.17, 15) is 19.6 Å². The van der Waals surface area contributed by atoms with Gasteiger partial charge in [-0.3, -0.25) is 9.69 Å². The van der Waals surface area contributed by atoms with Crippen LogP contribution in [0.2, 0.25) is 0 Å². The highest BCUT2D eigenvalue weighted by molar-refractivity contribution is 7.99. The fourth-order valence-corrected chi connectivity index (χ4v) is 6.59. The number of oxime groups is 1. The molecule has 1 unspecified atom stereocenters. The lowest BCUT2D eigenvalue weighted by Crippen LogP contribution is -2.40. The Morgan fingerprint density at radius 1 is 0.940 bits per heavy atom. The van der Waals surface area contributed by atoms with E-state index in [1.54, 1.807) is 61.2 Å². The van der Waals surface area contributed by atoms with Crippen molar-refractivity contribution in [3.8, 4) is 6.07 Å². The van der Waals surface area contributed by atoms with Gasteiger partial charge in [0, 0.05) is 15.4 Å². The van der Waals surface area contributed by atoms with E-state index in [0.29, 0.717) is 24.0 Å². The number of hydrogen-bond donors (Lipinski definition) is 0. The number of nitrogens with zero attached hydrogens (tertiary/aromatic N) is 3. The lowest BCUT2D eigenvalue weighted by molar-refractivity contribution is -0.138. The van der Waals surface area contributed by atoms with Crippen LogP contribution in [0.25, 0.3) is 0 Å². The summed E-state index contributed by atoms with van der Waals surface area (Å²) < 4.78 is 5.01. The monoisotopic (exact) mass is 689 g/mol. The first kappa shape index (κ1) is 37.8. The maximum Gasteiger partial charge on any atom is 0.365 e. The van der Waals surface area contributed by atoms with E-state index in [-0.39, 0.29) is 23.7 Å². The molecule has 0 amide bonds. The van der Waals surface area contributed by atoms with Gasteiger partial charge in [0.05, 0.1) is 17.7 Å². The molecule has 1 aliphatic rings. The second-order valence-electron chi connectivity index (χ2n) is 12.0. The van der Waals surface area contributed by atoms with Gasteiger partial charge in [0.2, 0.25) is 5.78 Å². The number of rotatable bonds is 16. The average molecular weight is 690 g/mol. The number of unbranched alkanes of at least 4 members (excludes halogenated alkanes) is 3. The van der Waals surface area contributed by atoms with Gasteiger partial charge >= 0.3 is 11.9 Å². The molecule has 0 N–H and O–H groups in total. The van der Waals surface area contributed by atoms with Crippen LogP contribution in [0.4, 0.5) is 0 Å². The predicted molar refractivity (Wildman–Crippen MR) is 197 cm³/mol. The summed E-state index contributed by atoms with van der Waals surface area (Å²) in [6.45, 7) is 4.03. The normalized spacial score (nSPS) is 16.0. The van der Waals surface area contributed by atoms with Gasteiger partial charge in [0.25, 0.3) is 0 Å². The maximum absolute atomic E-state index is 13.6. The molecule has 0 radical (unpaired) electrons. The quantitative estimate of drug-likeness (QED) is 0.0215. The highest BCUT2D eigenvalue weighted by atomic mass is 32.2. The third kappa shape index (κ3) is 9.78. The molecule has 8 nitrogen and oxygen atoms in total. The Kier molecular flexibility index (Phi) is 14.1. The zero-order valence-corrected chi connectivity index (χ0v) is 29.9. The predicted octanol–water partition coefficient (Wildman–Crippen LogP) is 8.86. The van der Waals surface area contributed by atoms with Crippen molar-refractivity contribution >= 4 is 35.2 Å². The van der Waals surface area contributed by atoms with E-state index < -0.39 is 17.5 Å². The van der Waals surface area contributed by atoms with E-state index >= 15 is 0 Å². The van der Waals surface area contributed by atoms with Crippen LogP contribution in [-0.4, -0.2) is 49.0 Å². The minimum Gasteiger partial charge on any atom is -0.462 e. The molecule has 0 bridgehead atoms. The summed E-state index contributed by atoms with van der Waals surface area (Å²) in [6.07, 6.45) is 12.5. The van der Waals surface area contributed by atoms with Crippen LogP contribution in [0.3, 0.4) is 0 Å². The van der Waals surface area contributed by atoms with Gasteiger partial charge in [0.15, 0.2) is 0 Å². The first-order valence-corrected chi connectivity index (χ1v) is 17.6. The second kappa shape index (κ2) is 18.6. The van der Waals surface area contributed by atoms with Crippen LogP contribution in [0, 0.1) is 11.3 Å². The fraction of sp³-hybridized carbons (Fsp3) is 0.293. The smallest absolute Gasteiger partial charge is 0.365 e. The van der Waals surface area contributed by atoms with Gasteiger partial charge in [-0.05, 0) is 100.0 Å². The molecule has 0 aromatic heterocycles. The molecule has 0 aliphatic heterocycles. The van der Waals surface area contributed by atoms with Gasteiger partial charge in [0.1, 0.15) is 17.4 Å². The number of ketones is 1. The number of allylic oxidation sites excluding steroid dienone is 3. The van der Waals surface area contributed by atoms with Crippen LogP contribution in [0.15, 0.2) is 129 Å². The number of carbonyl (C=O) groups is 3. The van der Waals surface area contributed by atoms with Crippen molar-refractivity contribution in [1.29, 1.82) is 5.26 Å². The van der Waals surface area contributed by atoms with E-state index in [4.69, 9.17) is 9.57 Å². The van der Waals surface area contributed by atoms with Crippen LogP contribution in [0.1, 0.15) is 78.7 Å². The van der Waals surface area contributed by atoms with Crippen molar-refractivity contribution < 1.29 is 24.0 Å². The molecule has 9 heteroatoms. The minimum atomic E-state index is -0.634. The molecule has 3 aromatic carbocycles. The summed E-state index contributed by atoms with van der Waals surface area (Å²) in [7, 11) is 4.05. The Morgan fingerprint density at radius 3 is 2.30 bits per heavy atom. The summed E-state index contributed by atoms with van der Waals surface area (Å²) in [6, 6.07) is 26.1. The number of nitriles is 1. The summed E-state index contributed by atoms with van der Waals surface area (Å²) in [5.41, 5.74) is 2.40. The van der Waals surface area contributed by atoms with E-state index in [1.165, 1.54) is 0 Å². The van der Waals surface area contributed by atoms with Crippen LogP contribution in [0.5, 0.6) is 0 Å². The highest BCUT2D eigenvalue weighted by Crippen LogP contribution is 2.43. The third-order valence-electron chi connectivity index (χ3n) is 8.40. The summed E-state index contributed by atoms with van der Waals surface area (Å²) in [4.78, 5) is 47.7. The lowest BCUT2D eigenvalue weighted by atomic mass is 9.81. The molecule has 1 atom stereocenters. The number of ether oxygens (including phenoxy) is 1. The molecule has 0 fully saturated rings. The van der Waals surface area contributed by atoms with Gasteiger partial charge in [-0.15, -0.1) is 0 Å². The molecule has 50 heavy (non-hydrogen) atoms.